The van der Waals surface area contributed by atoms with Crippen molar-refractivity contribution in [3.05, 3.63) is 30.1 Å². The summed E-state index contributed by atoms with van der Waals surface area (Å²) in [6.07, 6.45) is 12.3. The Kier molecular flexibility index (Phi) is 5.26. The van der Waals surface area contributed by atoms with E-state index in [1.807, 2.05) is 12.4 Å². The van der Waals surface area contributed by atoms with E-state index < -0.39 is 0 Å². The Morgan fingerprint density at radius 1 is 1.29 bits per heavy atom. The number of hydrogen-bond acceptors (Lipinski definition) is 3. The van der Waals surface area contributed by atoms with Gasteiger partial charge in [0.2, 0.25) is 0 Å². The summed E-state index contributed by atoms with van der Waals surface area (Å²) in [5.74, 6) is 0.890. The summed E-state index contributed by atoms with van der Waals surface area (Å²) >= 11 is 0. The fourth-order valence-corrected chi connectivity index (χ4v) is 4.06. The largest absolute Gasteiger partial charge is 0.311 e. The number of piperazine rings is 1. The molecular formula is C18H29N3. The Morgan fingerprint density at radius 3 is 2.86 bits per heavy atom. The van der Waals surface area contributed by atoms with E-state index in [9.17, 15) is 0 Å². The molecule has 3 rings (SSSR count). The van der Waals surface area contributed by atoms with Crippen molar-refractivity contribution in [3.8, 4) is 0 Å². The van der Waals surface area contributed by atoms with E-state index in [1.165, 1.54) is 57.2 Å². The number of aromatic nitrogens is 1. The predicted octanol–water partition coefficient (Wildman–Crippen LogP) is 3.21. The Bertz CT molecular complexity index is 414. The summed E-state index contributed by atoms with van der Waals surface area (Å²) in [4.78, 5) is 7.02. The van der Waals surface area contributed by atoms with E-state index in [1.54, 1.807) is 0 Å². The smallest absolute Gasteiger partial charge is 0.0312 e. The van der Waals surface area contributed by atoms with Gasteiger partial charge in [-0.15, -0.1) is 0 Å². The number of rotatable bonds is 4. The molecule has 1 aromatic heterocycles. The molecule has 0 aromatic carbocycles. The SMILES string of the molecule is CCC1CN(Cc2cccnc2)C(C2CCCCC2)CN1. The molecule has 2 heterocycles. The van der Waals surface area contributed by atoms with E-state index in [0.717, 1.165) is 12.5 Å². The fourth-order valence-electron chi connectivity index (χ4n) is 4.06. The first-order valence-corrected chi connectivity index (χ1v) is 8.73. The van der Waals surface area contributed by atoms with Gasteiger partial charge in [-0.1, -0.05) is 32.3 Å². The van der Waals surface area contributed by atoms with Crippen molar-refractivity contribution in [2.75, 3.05) is 13.1 Å². The standard InChI is InChI=1S/C18H29N3/c1-2-17-14-21(13-15-7-6-10-19-11-15)18(12-20-17)16-8-4-3-5-9-16/h6-7,10-11,16-18,20H,2-5,8-9,12-14H2,1H3. The second-order valence-electron chi connectivity index (χ2n) is 6.77. The lowest BCUT2D eigenvalue weighted by Crippen LogP contribution is -2.58. The summed E-state index contributed by atoms with van der Waals surface area (Å²) in [5.41, 5.74) is 1.36. The van der Waals surface area contributed by atoms with Gasteiger partial charge in [-0.2, -0.15) is 0 Å². The lowest BCUT2D eigenvalue weighted by molar-refractivity contribution is 0.0644. The molecule has 0 bridgehead atoms. The van der Waals surface area contributed by atoms with Crippen LogP contribution >= 0.6 is 0 Å². The zero-order valence-corrected chi connectivity index (χ0v) is 13.3. The molecule has 2 unspecified atom stereocenters. The van der Waals surface area contributed by atoms with Gasteiger partial charge in [0.05, 0.1) is 0 Å². The van der Waals surface area contributed by atoms with E-state index >= 15 is 0 Å². The molecule has 0 amide bonds. The zero-order valence-electron chi connectivity index (χ0n) is 13.3. The van der Waals surface area contributed by atoms with Crippen LogP contribution < -0.4 is 5.32 Å². The molecule has 0 spiro atoms. The highest BCUT2D eigenvalue weighted by atomic mass is 15.2. The van der Waals surface area contributed by atoms with Crippen LogP contribution in [0.15, 0.2) is 24.5 Å². The van der Waals surface area contributed by atoms with Gasteiger partial charge in [0.15, 0.2) is 0 Å². The third kappa shape index (κ3) is 3.83. The monoisotopic (exact) mass is 287 g/mol. The van der Waals surface area contributed by atoms with Gasteiger partial charge < -0.3 is 5.32 Å². The molecule has 1 N–H and O–H groups in total. The van der Waals surface area contributed by atoms with Crippen molar-refractivity contribution < 1.29 is 0 Å². The van der Waals surface area contributed by atoms with Crippen molar-refractivity contribution in [1.29, 1.82) is 0 Å². The molecule has 116 valence electrons. The van der Waals surface area contributed by atoms with E-state index in [4.69, 9.17) is 0 Å². The van der Waals surface area contributed by atoms with E-state index in [2.05, 4.69) is 34.3 Å². The predicted molar refractivity (Wildman–Crippen MR) is 87.1 cm³/mol. The average molecular weight is 287 g/mol. The summed E-state index contributed by atoms with van der Waals surface area (Å²) in [5, 5.41) is 3.77. The lowest BCUT2D eigenvalue weighted by Gasteiger charge is -2.45. The molecule has 2 fully saturated rings. The lowest BCUT2D eigenvalue weighted by atomic mass is 9.82. The maximum absolute atomic E-state index is 4.28. The molecule has 2 atom stereocenters. The molecule has 3 nitrogen and oxygen atoms in total. The van der Waals surface area contributed by atoms with Gasteiger partial charge >= 0.3 is 0 Å². The van der Waals surface area contributed by atoms with Gasteiger partial charge in [-0.05, 0) is 36.8 Å². The Labute approximate surface area is 129 Å². The minimum absolute atomic E-state index is 0.654. The summed E-state index contributed by atoms with van der Waals surface area (Å²) in [7, 11) is 0. The summed E-state index contributed by atoms with van der Waals surface area (Å²) < 4.78 is 0. The normalized spacial score (nSPS) is 28.6. The molecule has 2 aliphatic rings. The second kappa shape index (κ2) is 7.37. The first-order chi connectivity index (χ1) is 10.4. The summed E-state index contributed by atoms with van der Waals surface area (Å²) in [6.45, 7) is 5.71. The van der Waals surface area contributed by atoms with Crippen LogP contribution in [0.2, 0.25) is 0 Å². The van der Waals surface area contributed by atoms with Crippen LogP contribution in [-0.4, -0.2) is 35.1 Å². The van der Waals surface area contributed by atoms with Crippen LogP contribution in [0.1, 0.15) is 51.0 Å². The van der Waals surface area contributed by atoms with Crippen LogP contribution in [0.25, 0.3) is 0 Å². The van der Waals surface area contributed by atoms with Gasteiger partial charge in [-0.25, -0.2) is 0 Å². The van der Waals surface area contributed by atoms with Crippen molar-refractivity contribution >= 4 is 0 Å². The topological polar surface area (TPSA) is 28.2 Å². The van der Waals surface area contributed by atoms with Crippen molar-refractivity contribution in [1.82, 2.24) is 15.2 Å². The van der Waals surface area contributed by atoms with Crippen LogP contribution in [0.3, 0.4) is 0 Å². The fraction of sp³-hybridized carbons (Fsp3) is 0.722. The molecular weight excluding hydrogens is 258 g/mol. The molecule has 21 heavy (non-hydrogen) atoms. The zero-order chi connectivity index (χ0) is 14.5. The van der Waals surface area contributed by atoms with Crippen LogP contribution in [-0.2, 0) is 6.54 Å². The molecule has 1 aliphatic heterocycles. The van der Waals surface area contributed by atoms with Gasteiger partial charge in [0.25, 0.3) is 0 Å². The quantitative estimate of drug-likeness (QED) is 0.921. The highest BCUT2D eigenvalue weighted by Crippen LogP contribution is 2.31. The third-order valence-corrected chi connectivity index (χ3v) is 5.33. The van der Waals surface area contributed by atoms with Crippen LogP contribution in [0.4, 0.5) is 0 Å². The minimum Gasteiger partial charge on any atom is -0.311 e. The highest BCUT2D eigenvalue weighted by molar-refractivity contribution is 5.09. The minimum atomic E-state index is 0.654. The van der Waals surface area contributed by atoms with E-state index in [-0.39, 0.29) is 0 Å². The first-order valence-electron chi connectivity index (χ1n) is 8.73. The number of pyridine rings is 1. The second-order valence-corrected chi connectivity index (χ2v) is 6.77. The highest BCUT2D eigenvalue weighted by Gasteiger charge is 2.33. The van der Waals surface area contributed by atoms with Crippen molar-refractivity contribution in [3.63, 3.8) is 0 Å². The molecule has 3 heteroatoms. The van der Waals surface area contributed by atoms with Gasteiger partial charge in [0, 0.05) is 44.1 Å². The van der Waals surface area contributed by atoms with E-state index in [0.29, 0.717) is 12.1 Å². The Morgan fingerprint density at radius 2 is 2.14 bits per heavy atom. The molecule has 0 radical (unpaired) electrons. The first kappa shape index (κ1) is 15.0. The number of hydrogen-bond donors (Lipinski definition) is 1. The Balaban J connectivity index is 1.70. The summed E-state index contributed by atoms with van der Waals surface area (Å²) in [6, 6.07) is 5.65. The average Bonchev–Trinajstić information content (AvgIpc) is 2.56. The Hall–Kier alpha value is -0.930. The number of nitrogens with zero attached hydrogens (tertiary/aromatic N) is 2. The molecule has 1 aromatic rings. The molecule has 1 saturated heterocycles. The maximum Gasteiger partial charge on any atom is 0.0312 e. The van der Waals surface area contributed by atoms with Gasteiger partial charge in [-0.3, -0.25) is 9.88 Å². The third-order valence-electron chi connectivity index (χ3n) is 5.33. The van der Waals surface area contributed by atoms with Crippen LogP contribution in [0.5, 0.6) is 0 Å². The molecule has 1 saturated carbocycles. The maximum atomic E-state index is 4.28. The van der Waals surface area contributed by atoms with Crippen molar-refractivity contribution in [2.24, 2.45) is 5.92 Å². The van der Waals surface area contributed by atoms with Crippen molar-refractivity contribution in [2.45, 2.75) is 64.1 Å². The number of nitrogens with one attached hydrogen (secondary N) is 1. The molecule has 1 aliphatic carbocycles. The van der Waals surface area contributed by atoms with Crippen LogP contribution in [0, 0.1) is 5.92 Å². The van der Waals surface area contributed by atoms with Gasteiger partial charge in [0.1, 0.15) is 0 Å².